The summed E-state index contributed by atoms with van der Waals surface area (Å²) in [5.74, 6) is -3.00. The van der Waals surface area contributed by atoms with Crippen LogP contribution < -0.4 is 10.5 Å². The number of carbonyl (C=O) groups excluding carboxylic acids is 1. The maximum atomic E-state index is 14.0. The summed E-state index contributed by atoms with van der Waals surface area (Å²) in [5.41, 5.74) is 2.70. The summed E-state index contributed by atoms with van der Waals surface area (Å²) in [4.78, 5) is 12.3. The van der Waals surface area contributed by atoms with Gasteiger partial charge >= 0.3 is 6.18 Å². The molecule has 4 rings (SSSR count). The molecular formula is C24H27F3N2O4S. The van der Waals surface area contributed by atoms with Crippen molar-refractivity contribution in [2.24, 2.45) is 11.7 Å². The van der Waals surface area contributed by atoms with Crippen LogP contribution in [-0.2, 0) is 20.4 Å². The number of halogens is 3. The van der Waals surface area contributed by atoms with Crippen molar-refractivity contribution in [3.05, 3.63) is 65.2 Å². The van der Waals surface area contributed by atoms with Crippen LogP contribution in [0.25, 0.3) is 0 Å². The first-order valence-electron chi connectivity index (χ1n) is 11.3. The van der Waals surface area contributed by atoms with Crippen molar-refractivity contribution in [3.63, 3.8) is 0 Å². The van der Waals surface area contributed by atoms with E-state index in [0.717, 1.165) is 25.0 Å². The Hall–Kier alpha value is -2.43. The van der Waals surface area contributed by atoms with Crippen LogP contribution in [0, 0.1) is 5.92 Å². The summed E-state index contributed by atoms with van der Waals surface area (Å²) in [5, 5.41) is 10.8. The van der Waals surface area contributed by atoms with Gasteiger partial charge in [0.2, 0.25) is 15.9 Å². The summed E-state index contributed by atoms with van der Waals surface area (Å²) >= 11 is 0. The zero-order valence-electron chi connectivity index (χ0n) is 18.4. The molecule has 2 fully saturated rings. The minimum atomic E-state index is -4.87. The standard InChI is InChI=1S/C24H27F3N2O4S/c25-24(26,27)23(31,16-5-1-2-6-16)17-11-9-15(10-12-17)21(22(28)30)19-7-3-4-8-20(19)34(32,33)29-18-13-14-18/h3-4,7-12,16,18,21,29,31H,1-2,5-6,13-14H2,(H2,28,30). The number of rotatable bonds is 8. The van der Waals surface area contributed by atoms with Gasteiger partial charge in [-0.2, -0.15) is 13.2 Å². The zero-order valence-corrected chi connectivity index (χ0v) is 19.2. The Bertz CT molecular complexity index is 1160. The largest absolute Gasteiger partial charge is 0.421 e. The van der Waals surface area contributed by atoms with E-state index in [2.05, 4.69) is 4.72 Å². The summed E-state index contributed by atoms with van der Waals surface area (Å²) in [7, 11) is -3.92. The predicted molar refractivity (Wildman–Crippen MR) is 119 cm³/mol. The molecule has 0 spiro atoms. The SMILES string of the molecule is NC(=O)C(c1ccc(C(O)(C2CCCC2)C(F)(F)F)cc1)c1ccccc1S(=O)(=O)NC1CC1. The van der Waals surface area contributed by atoms with E-state index in [9.17, 15) is 31.5 Å². The monoisotopic (exact) mass is 496 g/mol. The number of hydrogen-bond acceptors (Lipinski definition) is 4. The molecule has 2 aliphatic rings. The highest BCUT2D eigenvalue weighted by atomic mass is 32.2. The average molecular weight is 497 g/mol. The van der Waals surface area contributed by atoms with E-state index in [-0.39, 0.29) is 40.5 Å². The van der Waals surface area contributed by atoms with Crippen LogP contribution in [0.5, 0.6) is 0 Å². The molecule has 4 N–H and O–H groups in total. The highest BCUT2D eigenvalue weighted by molar-refractivity contribution is 7.89. The Kier molecular flexibility index (Phi) is 6.52. The van der Waals surface area contributed by atoms with Gasteiger partial charge < -0.3 is 10.8 Å². The molecule has 2 aromatic rings. The number of primary amides is 1. The highest BCUT2D eigenvalue weighted by Crippen LogP contribution is 2.50. The third-order valence-corrected chi connectivity index (χ3v) is 8.36. The lowest BCUT2D eigenvalue weighted by Crippen LogP contribution is -2.47. The van der Waals surface area contributed by atoms with Crippen molar-refractivity contribution < 1.29 is 31.5 Å². The second-order valence-corrected chi connectivity index (χ2v) is 10.8. The molecule has 2 aromatic carbocycles. The van der Waals surface area contributed by atoms with Crippen molar-refractivity contribution >= 4 is 15.9 Å². The van der Waals surface area contributed by atoms with E-state index in [1.165, 1.54) is 30.3 Å². The van der Waals surface area contributed by atoms with Gasteiger partial charge in [0.25, 0.3) is 0 Å². The smallest absolute Gasteiger partial charge is 0.376 e. The van der Waals surface area contributed by atoms with Crippen LogP contribution in [0.15, 0.2) is 53.4 Å². The minimum Gasteiger partial charge on any atom is -0.376 e. The van der Waals surface area contributed by atoms with Gasteiger partial charge in [-0.3, -0.25) is 4.79 Å². The third kappa shape index (κ3) is 4.58. The molecule has 0 bridgehead atoms. The van der Waals surface area contributed by atoms with Crippen LogP contribution in [0.4, 0.5) is 13.2 Å². The first-order valence-corrected chi connectivity index (χ1v) is 12.7. The maximum Gasteiger partial charge on any atom is 0.421 e. The molecule has 34 heavy (non-hydrogen) atoms. The van der Waals surface area contributed by atoms with Crippen LogP contribution in [0.1, 0.15) is 61.1 Å². The van der Waals surface area contributed by atoms with E-state index >= 15 is 0 Å². The lowest BCUT2D eigenvalue weighted by molar-refractivity contribution is -0.286. The number of sulfonamides is 1. The molecule has 0 aliphatic heterocycles. The molecule has 1 amide bonds. The Morgan fingerprint density at radius 1 is 1.00 bits per heavy atom. The molecule has 0 radical (unpaired) electrons. The number of amides is 1. The maximum absolute atomic E-state index is 14.0. The van der Waals surface area contributed by atoms with E-state index < -0.39 is 39.5 Å². The first kappa shape index (κ1) is 24.7. The summed E-state index contributed by atoms with van der Waals surface area (Å²) in [6.45, 7) is 0. The molecule has 184 valence electrons. The fourth-order valence-corrected chi connectivity index (χ4v) is 6.40. The van der Waals surface area contributed by atoms with Gasteiger partial charge in [-0.1, -0.05) is 55.3 Å². The topological polar surface area (TPSA) is 109 Å². The van der Waals surface area contributed by atoms with E-state index in [1.807, 2.05) is 0 Å². The molecule has 0 aromatic heterocycles. The number of alkyl halides is 3. The second kappa shape index (κ2) is 8.98. The predicted octanol–water partition coefficient (Wildman–Crippen LogP) is 3.68. The van der Waals surface area contributed by atoms with E-state index in [4.69, 9.17) is 5.73 Å². The van der Waals surface area contributed by atoms with Crippen molar-refractivity contribution in [2.75, 3.05) is 0 Å². The summed E-state index contributed by atoms with van der Waals surface area (Å²) < 4.78 is 70.3. The number of nitrogens with one attached hydrogen (secondary N) is 1. The van der Waals surface area contributed by atoms with Crippen LogP contribution in [0.2, 0.25) is 0 Å². The van der Waals surface area contributed by atoms with E-state index in [1.54, 1.807) is 6.07 Å². The zero-order chi connectivity index (χ0) is 24.7. The van der Waals surface area contributed by atoms with Crippen LogP contribution in [0.3, 0.4) is 0 Å². The first-order chi connectivity index (χ1) is 15.9. The van der Waals surface area contributed by atoms with Crippen molar-refractivity contribution in [1.29, 1.82) is 0 Å². The molecule has 2 unspecified atom stereocenters. The fraction of sp³-hybridized carbons (Fsp3) is 0.458. The highest BCUT2D eigenvalue weighted by Gasteiger charge is 2.59. The van der Waals surface area contributed by atoms with Crippen molar-refractivity contribution in [3.8, 4) is 0 Å². The minimum absolute atomic E-state index is 0.104. The van der Waals surface area contributed by atoms with Gasteiger partial charge in [0, 0.05) is 12.0 Å². The summed E-state index contributed by atoms with van der Waals surface area (Å²) in [6, 6.07) is 10.7. The molecule has 0 heterocycles. The Labute approximate surface area is 196 Å². The average Bonchev–Trinajstić information content (AvgIpc) is 3.39. The third-order valence-electron chi connectivity index (χ3n) is 6.77. The van der Waals surface area contributed by atoms with Gasteiger partial charge in [-0.05, 0) is 48.4 Å². The fourth-order valence-electron chi connectivity index (χ4n) is 4.85. The molecule has 2 saturated carbocycles. The van der Waals surface area contributed by atoms with E-state index in [0.29, 0.717) is 12.8 Å². The quantitative estimate of drug-likeness (QED) is 0.518. The Balaban J connectivity index is 1.73. The normalized spacial score (nSPS) is 20.1. The lowest BCUT2D eigenvalue weighted by atomic mass is 9.78. The van der Waals surface area contributed by atoms with Crippen LogP contribution >= 0.6 is 0 Å². The van der Waals surface area contributed by atoms with Gasteiger partial charge in [0.15, 0.2) is 5.60 Å². The number of nitrogens with two attached hydrogens (primary N) is 1. The van der Waals surface area contributed by atoms with Crippen LogP contribution in [-0.4, -0.2) is 31.6 Å². The van der Waals surface area contributed by atoms with Gasteiger partial charge in [0.05, 0.1) is 10.8 Å². The number of carbonyl (C=O) groups is 1. The lowest BCUT2D eigenvalue weighted by Gasteiger charge is -2.36. The number of benzene rings is 2. The molecule has 10 heteroatoms. The molecule has 0 saturated heterocycles. The van der Waals surface area contributed by atoms with Crippen molar-refractivity contribution in [2.45, 2.75) is 67.2 Å². The Morgan fingerprint density at radius 2 is 1.59 bits per heavy atom. The molecule has 2 aliphatic carbocycles. The van der Waals surface area contributed by atoms with Gasteiger partial charge in [-0.15, -0.1) is 0 Å². The van der Waals surface area contributed by atoms with Crippen molar-refractivity contribution in [1.82, 2.24) is 4.72 Å². The Morgan fingerprint density at radius 3 is 2.12 bits per heavy atom. The van der Waals surface area contributed by atoms with Gasteiger partial charge in [0.1, 0.15) is 0 Å². The summed E-state index contributed by atoms with van der Waals surface area (Å²) in [6.07, 6.45) is -1.66. The number of hydrogen-bond donors (Lipinski definition) is 3. The number of aliphatic hydroxyl groups is 1. The van der Waals surface area contributed by atoms with Gasteiger partial charge in [-0.25, -0.2) is 13.1 Å². The molecule has 6 nitrogen and oxygen atoms in total. The molecular weight excluding hydrogens is 469 g/mol. The molecule has 2 atom stereocenters. The second-order valence-electron chi connectivity index (χ2n) is 9.14.